The lowest BCUT2D eigenvalue weighted by Gasteiger charge is -2.29. The number of carbonyl (C=O) groups is 1. The van der Waals surface area contributed by atoms with Gasteiger partial charge in [-0.1, -0.05) is 20.3 Å². The quantitative estimate of drug-likeness (QED) is 0.727. The summed E-state index contributed by atoms with van der Waals surface area (Å²) in [4.78, 5) is 22.0. The summed E-state index contributed by atoms with van der Waals surface area (Å²) in [6.07, 6.45) is 4.43. The first-order valence-electron chi connectivity index (χ1n) is 7.63. The van der Waals surface area contributed by atoms with Gasteiger partial charge in [-0.25, -0.2) is 9.97 Å². The van der Waals surface area contributed by atoms with E-state index in [2.05, 4.69) is 29.1 Å². The topological polar surface area (TPSA) is 84.1 Å². The molecule has 6 nitrogen and oxygen atoms in total. The fraction of sp³-hybridized carbons (Fsp3) is 0.667. The SMILES string of the molecule is CCCNc1ncnc(N(CC(N)=O)C(C)C)c1CCC. The molecule has 21 heavy (non-hydrogen) atoms. The molecule has 3 N–H and O–H groups in total. The van der Waals surface area contributed by atoms with E-state index in [0.29, 0.717) is 0 Å². The summed E-state index contributed by atoms with van der Waals surface area (Å²) >= 11 is 0. The molecule has 1 amide bonds. The van der Waals surface area contributed by atoms with Crippen molar-refractivity contribution in [1.82, 2.24) is 9.97 Å². The van der Waals surface area contributed by atoms with Gasteiger partial charge in [0.25, 0.3) is 0 Å². The van der Waals surface area contributed by atoms with E-state index >= 15 is 0 Å². The minimum Gasteiger partial charge on any atom is -0.370 e. The van der Waals surface area contributed by atoms with Crippen LogP contribution in [0, 0.1) is 0 Å². The molecule has 6 heteroatoms. The van der Waals surface area contributed by atoms with Crippen LogP contribution in [0.2, 0.25) is 0 Å². The summed E-state index contributed by atoms with van der Waals surface area (Å²) < 4.78 is 0. The number of amides is 1. The highest BCUT2D eigenvalue weighted by molar-refractivity contribution is 5.80. The summed E-state index contributed by atoms with van der Waals surface area (Å²) in [5.74, 6) is 1.31. The van der Waals surface area contributed by atoms with Gasteiger partial charge in [-0.05, 0) is 26.7 Å². The smallest absolute Gasteiger partial charge is 0.237 e. The lowest BCUT2D eigenvalue weighted by Crippen LogP contribution is -2.39. The number of carbonyl (C=O) groups excluding carboxylic acids is 1. The van der Waals surface area contributed by atoms with Crippen molar-refractivity contribution in [1.29, 1.82) is 0 Å². The van der Waals surface area contributed by atoms with Crippen molar-refractivity contribution in [2.24, 2.45) is 5.73 Å². The average molecular weight is 293 g/mol. The van der Waals surface area contributed by atoms with Crippen LogP contribution in [-0.2, 0) is 11.2 Å². The molecule has 0 unspecified atom stereocenters. The van der Waals surface area contributed by atoms with Gasteiger partial charge in [-0.2, -0.15) is 0 Å². The highest BCUT2D eigenvalue weighted by Gasteiger charge is 2.20. The second-order valence-electron chi connectivity index (χ2n) is 5.39. The van der Waals surface area contributed by atoms with Gasteiger partial charge in [-0.15, -0.1) is 0 Å². The van der Waals surface area contributed by atoms with Crippen molar-refractivity contribution in [2.75, 3.05) is 23.3 Å². The first-order chi connectivity index (χ1) is 10.0. The Bertz CT molecular complexity index is 461. The molecule has 0 atom stereocenters. The molecule has 0 aromatic carbocycles. The lowest BCUT2D eigenvalue weighted by atomic mass is 10.1. The Morgan fingerprint density at radius 2 is 2.05 bits per heavy atom. The van der Waals surface area contributed by atoms with Gasteiger partial charge < -0.3 is 16.0 Å². The molecule has 1 rings (SSSR count). The molecule has 1 heterocycles. The van der Waals surface area contributed by atoms with Crippen LogP contribution in [0.4, 0.5) is 11.6 Å². The zero-order chi connectivity index (χ0) is 15.8. The van der Waals surface area contributed by atoms with Gasteiger partial charge >= 0.3 is 0 Å². The van der Waals surface area contributed by atoms with Crippen LogP contribution < -0.4 is 16.0 Å². The molecule has 0 radical (unpaired) electrons. The first-order valence-corrected chi connectivity index (χ1v) is 7.63. The maximum absolute atomic E-state index is 11.3. The molecule has 0 bridgehead atoms. The number of hydrogen-bond donors (Lipinski definition) is 2. The number of aromatic nitrogens is 2. The monoisotopic (exact) mass is 293 g/mol. The van der Waals surface area contributed by atoms with Crippen molar-refractivity contribution in [3.8, 4) is 0 Å². The second-order valence-corrected chi connectivity index (χ2v) is 5.39. The van der Waals surface area contributed by atoms with Gasteiger partial charge in [0.15, 0.2) is 0 Å². The molecule has 0 aliphatic carbocycles. The van der Waals surface area contributed by atoms with E-state index in [0.717, 1.165) is 43.0 Å². The van der Waals surface area contributed by atoms with E-state index < -0.39 is 0 Å². The number of primary amides is 1. The van der Waals surface area contributed by atoms with Gasteiger partial charge in [0.1, 0.15) is 18.0 Å². The Kier molecular flexibility index (Phi) is 6.91. The number of nitrogens with zero attached hydrogens (tertiary/aromatic N) is 3. The molecule has 0 saturated carbocycles. The minimum absolute atomic E-state index is 0.141. The number of anilines is 2. The van der Waals surface area contributed by atoms with Crippen LogP contribution in [0.25, 0.3) is 0 Å². The predicted octanol–water partition coefficient (Wildman–Crippen LogP) is 1.95. The van der Waals surface area contributed by atoms with E-state index in [1.807, 2.05) is 18.7 Å². The van der Waals surface area contributed by atoms with Crippen LogP contribution in [0.3, 0.4) is 0 Å². The summed E-state index contributed by atoms with van der Waals surface area (Å²) in [5.41, 5.74) is 6.43. The molecule has 1 aromatic rings. The molecule has 0 fully saturated rings. The van der Waals surface area contributed by atoms with Crippen LogP contribution in [0.15, 0.2) is 6.33 Å². The van der Waals surface area contributed by atoms with Crippen molar-refractivity contribution in [2.45, 2.75) is 53.0 Å². The largest absolute Gasteiger partial charge is 0.370 e. The van der Waals surface area contributed by atoms with Crippen molar-refractivity contribution >= 4 is 17.5 Å². The van der Waals surface area contributed by atoms with Crippen molar-refractivity contribution in [3.05, 3.63) is 11.9 Å². The number of hydrogen-bond acceptors (Lipinski definition) is 5. The molecular weight excluding hydrogens is 266 g/mol. The normalized spacial score (nSPS) is 10.7. The third-order valence-electron chi connectivity index (χ3n) is 3.19. The Hall–Kier alpha value is -1.85. The molecular formula is C15H27N5O. The average Bonchev–Trinajstić information content (AvgIpc) is 2.43. The third kappa shape index (κ3) is 4.88. The van der Waals surface area contributed by atoms with E-state index in [1.165, 1.54) is 0 Å². The molecule has 1 aromatic heterocycles. The van der Waals surface area contributed by atoms with E-state index in [-0.39, 0.29) is 18.5 Å². The zero-order valence-electron chi connectivity index (χ0n) is 13.5. The van der Waals surface area contributed by atoms with Gasteiger partial charge in [0.05, 0.1) is 6.54 Å². The highest BCUT2D eigenvalue weighted by atomic mass is 16.1. The van der Waals surface area contributed by atoms with Crippen molar-refractivity contribution in [3.63, 3.8) is 0 Å². The maximum atomic E-state index is 11.3. The first kappa shape index (κ1) is 17.2. The Labute approximate surface area is 127 Å². The Morgan fingerprint density at radius 1 is 1.33 bits per heavy atom. The van der Waals surface area contributed by atoms with Crippen LogP contribution in [0.5, 0.6) is 0 Å². The molecule has 0 saturated heterocycles. The number of rotatable bonds is 9. The van der Waals surface area contributed by atoms with Crippen LogP contribution >= 0.6 is 0 Å². The summed E-state index contributed by atoms with van der Waals surface area (Å²) in [5, 5.41) is 3.34. The molecule has 0 spiro atoms. The van der Waals surface area contributed by atoms with E-state index in [1.54, 1.807) is 6.33 Å². The van der Waals surface area contributed by atoms with Gasteiger partial charge in [0, 0.05) is 18.2 Å². The summed E-state index contributed by atoms with van der Waals surface area (Å²) in [6, 6.07) is 0.141. The number of nitrogens with one attached hydrogen (secondary N) is 1. The standard InChI is InChI=1S/C15H27N5O/c1-5-7-12-14(17-8-6-2)18-10-19-15(12)20(11(3)4)9-13(16)21/h10-11H,5-9H2,1-4H3,(H2,16,21)(H,17,18,19). The lowest BCUT2D eigenvalue weighted by molar-refractivity contribution is -0.116. The molecule has 118 valence electrons. The highest BCUT2D eigenvalue weighted by Crippen LogP contribution is 2.26. The fourth-order valence-electron chi connectivity index (χ4n) is 2.20. The zero-order valence-corrected chi connectivity index (χ0v) is 13.5. The fourth-order valence-corrected chi connectivity index (χ4v) is 2.20. The Balaban J connectivity index is 3.20. The Morgan fingerprint density at radius 3 is 2.57 bits per heavy atom. The van der Waals surface area contributed by atoms with Crippen LogP contribution in [-0.4, -0.2) is 35.0 Å². The molecule has 0 aliphatic heterocycles. The number of nitrogens with two attached hydrogens (primary N) is 1. The predicted molar refractivity (Wildman–Crippen MR) is 86.5 cm³/mol. The maximum Gasteiger partial charge on any atom is 0.237 e. The van der Waals surface area contributed by atoms with E-state index in [9.17, 15) is 4.79 Å². The third-order valence-corrected chi connectivity index (χ3v) is 3.19. The molecule has 0 aliphatic rings. The summed E-state index contributed by atoms with van der Waals surface area (Å²) in [7, 11) is 0. The van der Waals surface area contributed by atoms with Crippen LogP contribution in [0.1, 0.15) is 46.1 Å². The van der Waals surface area contributed by atoms with Gasteiger partial charge in [0.2, 0.25) is 5.91 Å². The van der Waals surface area contributed by atoms with Crippen molar-refractivity contribution < 1.29 is 4.79 Å². The summed E-state index contributed by atoms with van der Waals surface area (Å²) in [6.45, 7) is 9.32. The minimum atomic E-state index is -0.354. The second kappa shape index (κ2) is 8.44. The van der Waals surface area contributed by atoms with E-state index in [4.69, 9.17) is 5.73 Å². The van der Waals surface area contributed by atoms with Gasteiger partial charge in [-0.3, -0.25) is 4.79 Å².